The highest BCUT2D eigenvalue weighted by molar-refractivity contribution is 5.79. The van der Waals surface area contributed by atoms with E-state index in [0.717, 1.165) is 31.5 Å². The Labute approximate surface area is 135 Å². The Morgan fingerprint density at radius 2 is 2.22 bits per heavy atom. The number of carbonyl (C=O) groups excluding carboxylic acids is 2. The third kappa shape index (κ3) is 5.14. The first-order valence-corrected chi connectivity index (χ1v) is 7.66. The maximum atomic E-state index is 12.1. The highest BCUT2D eigenvalue weighted by Gasteiger charge is 2.20. The molecule has 0 aliphatic carbocycles. The Morgan fingerprint density at radius 3 is 2.87 bits per heavy atom. The minimum atomic E-state index is -0.551. The topological polar surface area (TPSA) is 103 Å². The van der Waals surface area contributed by atoms with E-state index in [1.807, 2.05) is 6.07 Å². The second-order valence-corrected chi connectivity index (χ2v) is 5.50. The summed E-state index contributed by atoms with van der Waals surface area (Å²) in [4.78, 5) is 22.9. The molecule has 1 fully saturated rings. The average molecular weight is 321 g/mol. The first-order chi connectivity index (χ1) is 11.1. The zero-order valence-electron chi connectivity index (χ0n) is 13.3. The van der Waals surface area contributed by atoms with Crippen LogP contribution >= 0.6 is 0 Å². The van der Waals surface area contributed by atoms with Gasteiger partial charge in [0.05, 0.1) is 13.0 Å². The number of nitrogens with two attached hydrogens (primary N) is 1. The summed E-state index contributed by atoms with van der Waals surface area (Å²) in [6, 6.07) is 5.29. The van der Waals surface area contributed by atoms with Crippen molar-refractivity contribution in [2.75, 3.05) is 26.8 Å². The summed E-state index contributed by atoms with van der Waals surface area (Å²) in [6.07, 6.45) is 1.94. The predicted molar refractivity (Wildman–Crippen MR) is 85.1 cm³/mol. The molecular formula is C16H23N3O4. The number of hydrogen-bond donors (Lipinski definition) is 3. The van der Waals surface area contributed by atoms with Crippen molar-refractivity contribution >= 4 is 11.8 Å². The van der Waals surface area contributed by atoms with E-state index in [4.69, 9.17) is 15.2 Å². The van der Waals surface area contributed by atoms with Gasteiger partial charge in [-0.15, -0.1) is 0 Å². The van der Waals surface area contributed by atoms with Crippen LogP contribution in [0.2, 0.25) is 0 Å². The second-order valence-electron chi connectivity index (χ2n) is 5.50. The van der Waals surface area contributed by atoms with Gasteiger partial charge in [-0.05, 0) is 37.1 Å². The molecule has 4 N–H and O–H groups in total. The maximum absolute atomic E-state index is 12.1. The minimum Gasteiger partial charge on any atom is -0.493 e. The molecule has 7 nitrogen and oxygen atoms in total. The zero-order chi connectivity index (χ0) is 16.7. The molecule has 1 heterocycles. The fraction of sp³-hybridized carbons (Fsp3) is 0.500. The number of hydrogen-bond acceptors (Lipinski definition) is 5. The van der Waals surface area contributed by atoms with Gasteiger partial charge in [0.15, 0.2) is 18.1 Å². The van der Waals surface area contributed by atoms with Crippen LogP contribution in [0.1, 0.15) is 18.4 Å². The van der Waals surface area contributed by atoms with Crippen LogP contribution in [-0.4, -0.2) is 38.6 Å². The number of nitrogens with one attached hydrogen (secondary N) is 2. The molecule has 1 aromatic rings. The van der Waals surface area contributed by atoms with Crippen molar-refractivity contribution in [1.29, 1.82) is 0 Å². The van der Waals surface area contributed by atoms with E-state index in [1.165, 1.54) is 7.11 Å². The van der Waals surface area contributed by atoms with Crippen LogP contribution in [0.25, 0.3) is 0 Å². The Hall–Kier alpha value is -2.28. The van der Waals surface area contributed by atoms with Crippen LogP contribution in [0.5, 0.6) is 11.5 Å². The van der Waals surface area contributed by atoms with Crippen molar-refractivity contribution in [2.24, 2.45) is 11.7 Å². The molecule has 1 aliphatic heterocycles. The molecular weight excluding hydrogens is 298 g/mol. The molecule has 1 saturated heterocycles. The third-order valence-electron chi connectivity index (χ3n) is 3.73. The maximum Gasteiger partial charge on any atom is 0.255 e. The standard InChI is InChI=1S/C16H23N3O4/c1-22-14-7-11(4-5-13(14)23-10-15(17)20)8-19-16(21)12-3-2-6-18-9-12/h4-5,7,12,18H,2-3,6,8-10H2,1H3,(H2,17,20)(H,19,21). The van der Waals surface area contributed by atoms with E-state index in [9.17, 15) is 9.59 Å². The summed E-state index contributed by atoms with van der Waals surface area (Å²) in [5.41, 5.74) is 5.95. The fourth-order valence-corrected chi connectivity index (χ4v) is 2.50. The van der Waals surface area contributed by atoms with Gasteiger partial charge in [0.25, 0.3) is 5.91 Å². The molecule has 1 aliphatic rings. The normalized spacial score (nSPS) is 17.3. The molecule has 126 valence electrons. The Balaban J connectivity index is 1.92. The molecule has 7 heteroatoms. The summed E-state index contributed by atoms with van der Waals surface area (Å²) in [7, 11) is 1.52. The Morgan fingerprint density at radius 1 is 1.39 bits per heavy atom. The first kappa shape index (κ1) is 17.1. The molecule has 1 atom stereocenters. The van der Waals surface area contributed by atoms with Gasteiger partial charge in [-0.2, -0.15) is 0 Å². The van der Waals surface area contributed by atoms with Gasteiger partial charge in [0.1, 0.15) is 0 Å². The molecule has 1 unspecified atom stereocenters. The van der Waals surface area contributed by atoms with Crippen LogP contribution < -0.4 is 25.8 Å². The van der Waals surface area contributed by atoms with Crippen LogP contribution in [0.15, 0.2) is 18.2 Å². The van der Waals surface area contributed by atoms with Crippen molar-refractivity contribution in [1.82, 2.24) is 10.6 Å². The highest BCUT2D eigenvalue weighted by Crippen LogP contribution is 2.28. The number of primary amides is 1. The van der Waals surface area contributed by atoms with Crippen molar-refractivity contribution < 1.29 is 19.1 Å². The van der Waals surface area contributed by atoms with Gasteiger partial charge in [0, 0.05) is 13.1 Å². The molecule has 0 bridgehead atoms. The van der Waals surface area contributed by atoms with Crippen LogP contribution in [0.4, 0.5) is 0 Å². The lowest BCUT2D eigenvalue weighted by Crippen LogP contribution is -2.40. The number of amides is 2. The smallest absolute Gasteiger partial charge is 0.255 e. The summed E-state index contributed by atoms with van der Waals surface area (Å²) >= 11 is 0. The van der Waals surface area contributed by atoms with E-state index >= 15 is 0 Å². The number of benzene rings is 1. The zero-order valence-corrected chi connectivity index (χ0v) is 13.3. The Kier molecular flexibility index (Phi) is 6.22. The van der Waals surface area contributed by atoms with Crippen molar-refractivity contribution in [3.8, 4) is 11.5 Å². The lowest BCUT2D eigenvalue weighted by Gasteiger charge is -2.22. The average Bonchev–Trinajstić information content (AvgIpc) is 2.58. The van der Waals surface area contributed by atoms with Gasteiger partial charge < -0.3 is 25.8 Å². The summed E-state index contributed by atoms with van der Waals surface area (Å²) in [6.45, 7) is 1.92. The summed E-state index contributed by atoms with van der Waals surface area (Å²) < 4.78 is 10.5. The molecule has 23 heavy (non-hydrogen) atoms. The van der Waals surface area contributed by atoms with Crippen molar-refractivity contribution in [2.45, 2.75) is 19.4 Å². The van der Waals surface area contributed by atoms with Gasteiger partial charge in [-0.25, -0.2) is 0 Å². The third-order valence-corrected chi connectivity index (χ3v) is 3.73. The largest absolute Gasteiger partial charge is 0.493 e. The summed E-state index contributed by atoms with van der Waals surface area (Å²) in [5, 5.41) is 6.17. The number of ether oxygens (including phenoxy) is 2. The molecule has 0 radical (unpaired) electrons. The van der Waals surface area contributed by atoms with Crippen LogP contribution in [-0.2, 0) is 16.1 Å². The molecule has 0 aromatic heterocycles. The minimum absolute atomic E-state index is 0.0313. The van der Waals surface area contributed by atoms with Crippen LogP contribution in [0.3, 0.4) is 0 Å². The van der Waals surface area contributed by atoms with Gasteiger partial charge in [0.2, 0.25) is 5.91 Å². The number of rotatable bonds is 7. The van der Waals surface area contributed by atoms with E-state index in [0.29, 0.717) is 18.0 Å². The van der Waals surface area contributed by atoms with E-state index in [1.54, 1.807) is 12.1 Å². The van der Waals surface area contributed by atoms with Gasteiger partial charge in [-0.1, -0.05) is 6.07 Å². The van der Waals surface area contributed by atoms with Crippen LogP contribution in [0, 0.1) is 5.92 Å². The molecule has 0 spiro atoms. The second kappa shape index (κ2) is 8.38. The lowest BCUT2D eigenvalue weighted by atomic mass is 9.99. The van der Waals surface area contributed by atoms with Crippen molar-refractivity contribution in [3.05, 3.63) is 23.8 Å². The van der Waals surface area contributed by atoms with E-state index < -0.39 is 5.91 Å². The Bertz CT molecular complexity index is 556. The van der Waals surface area contributed by atoms with Gasteiger partial charge in [-0.3, -0.25) is 9.59 Å². The quantitative estimate of drug-likeness (QED) is 0.664. The number of carbonyl (C=O) groups is 2. The highest BCUT2D eigenvalue weighted by atomic mass is 16.5. The first-order valence-electron chi connectivity index (χ1n) is 7.66. The molecule has 2 amide bonds. The van der Waals surface area contributed by atoms with E-state index in [2.05, 4.69) is 10.6 Å². The lowest BCUT2D eigenvalue weighted by molar-refractivity contribution is -0.125. The monoisotopic (exact) mass is 321 g/mol. The molecule has 0 saturated carbocycles. The summed E-state index contributed by atoms with van der Waals surface area (Å²) in [5.74, 6) is 0.480. The van der Waals surface area contributed by atoms with E-state index in [-0.39, 0.29) is 18.4 Å². The SMILES string of the molecule is COc1cc(CNC(=O)C2CCCNC2)ccc1OCC(N)=O. The predicted octanol–water partition coefficient (Wildman–Crippen LogP) is 0.175. The van der Waals surface area contributed by atoms with Gasteiger partial charge >= 0.3 is 0 Å². The molecule has 2 rings (SSSR count). The number of methoxy groups -OCH3 is 1. The molecule has 1 aromatic carbocycles. The number of piperidine rings is 1. The van der Waals surface area contributed by atoms with Crippen molar-refractivity contribution in [3.63, 3.8) is 0 Å². The fourth-order valence-electron chi connectivity index (χ4n) is 2.50.